The minimum absolute atomic E-state index is 0.0855. The number of hydrogen-bond donors (Lipinski definition) is 3. The van der Waals surface area contributed by atoms with Gasteiger partial charge >= 0.3 is 0 Å². The molecular formula is C15H23N3O3. The monoisotopic (exact) mass is 293 g/mol. The summed E-state index contributed by atoms with van der Waals surface area (Å²) < 4.78 is 5.34. The van der Waals surface area contributed by atoms with Crippen molar-refractivity contribution in [2.24, 2.45) is 5.73 Å². The zero-order valence-corrected chi connectivity index (χ0v) is 12.5. The van der Waals surface area contributed by atoms with Gasteiger partial charge in [0.05, 0.1) is 19.6 Å². The van der Waals surface area contributed by atoms with Crippen molar-refractivity contribution < 1.29 is 14.3 Å². The van der Waals surface area contributed by atoms with Crippen LogP contribution in [0.5, 0.6) is 5.75 Å². The third kappa shape index (κ3) is 7.31. The van der Waals surface area contributed by atoms with Gasteiger partial charge in [0.25, 0.3) is 0 Å². The number of rotatable bonds is 9. The quantitative estimate of drug-likeness (QED) is 0.639. The Labute approximate surface area is 125 Å². The highest BCUT2D eigenvalue weighted by atomic mass is 16.5. The summed E-state index contributed by atoms with van der Waals surface area (Å²) in [7, 11) is 0. The number of benzene rings is 1. The lowest BCUT2D eigenvalue weighted by atomic mass is 10.2. The number of carbonyl (C=O) groups is 2. The van der Waals surface area contributed by atoms with E-state index < -0.39 is 5.91 Å². The Balaban J connectivity index is 2.36. The minimum Gasteiger partial charge on any atom is -0.493 e. The fourth-order valence-corrected chi connectivity index (χ4v) is 1.52. The molecule has 0 heterocycles. The maximum Gasteiger partial charge on any atom is 0.238 e. The van der Waals surface area contributed by atoms with Gasteiger partial charge in [-0.25, -0.2) is 0 Å². The van der Waals surface area contributed by atoms with E-state index in [0.717, 1.165) is 6.42 Å². The van der Waals surface area contributed by atoms with Crippen molar-refractivity contribution in [3.63, 3.8) is 0 Å². The fourth-order valence-electron chi connectivity index (χ4n) is 1.52. The van der Waals surface area contributed by atoms with Crippen molar-refractivity contribution >= 4 is 17.5 Å². The first-order chi connectivity index (χ1) is 10.0. The average Bonchev–Trinajstić information content (AvgIpc) is 2.46. The fraction of sp³-hybridized carbons (Fsp3) is 0.467. The van der Waals surface area contributed by atoms with Gasteiger partial charge in [-0.3, -0.25) is 9.59 Å². The molecule has 0 aliphatic heterocycles. The molecule has 1 aromatic carbocycles. The van der Waals surface area contributed by atoms with Crippen molar-refractivity contribution in [3.8, 4) is 5.75 Å². The molecule has 4 N–H and O–H groups in total. The number of nitrogens with one attached hydrogen (secondary N) is 2. The summed E-state index contributed by atoms with van der Waals surface area (Å²) in [6.07, 6.45) is 1.16. The lowest BCUT2D eigenvalue weighted by Crippen LogP contribution is -2.33. The standard InChI is InChI=1S/C15H23N3O3/c1-3-11(2)17-10-15(20)18-12-4-6-13(7-5-12)21-9-8-14(16)19/h4-7,11,17H,3,8-10H2,1-2H3,(H2,16,19)(H,18,20). The molecule has 116 valence electrons. The predicted octanol–water partition coefficient (Wildman–Crippen LogP) is 1.27. The molecule has 0 saturated heterocycles. The molecule has 0 aromatic heterocycles. The first-order valence-corrected chi connectivity index (χ1v) is 7.05. The Morgan fingerprint density at radius 3 is 2.52 bits per heavy atom. The first kappa shape index (κ1) is 17.0. The van der Waals surface area contributed by atoms with Crippen LogP contribution in [0, 0.1) is 0 Å². The Morgan fingerprint density at radius 2 is 1.95 bits per heavy atom. The van der Waals surface area contributed by atoms with Gasteiger partial charge in [-0.2, -0.15) is 0 Å². The Morgan fingerprint density at radius 1 is 1.29 bits per heavy atom. The zero-order valence-electron chi connectivity index (χ0n) is 12.5. The number of amides is 2. The van der Waals surface area contributed by atoms with Gasteiger partial charge in [-0.05, 0) is 37.6 Å². The molecule has 0 saturated carbocycles. The molecule has 0 bridgehead atoms. The van der Waals surface area contributed by atoms with Crippen LogP contribution in [-0.2, 0) is 9.59 Å². The minimum atomic E-state index is -0.396. The molecule has 0 fully saturated rings. The molecule has 2 amide bonds. The van der Waals surface area contributed by atoms with E-state index in [9.17, 15) is 9.59 Å². The molecule has 1 rings (SSSR count). The summed E-state index contributed by atoms with van der Waals surface area (Å²) in [5, 5.41) is 5.91. The van der Waals surface area contributed by atoms with E-state index in [1.54, 1.807) is 24.3 Å². The normalized spacial score (nSPS) is 11.7. The lowest BCUT2D eigenvalue weighted by Gasteiger charge is -2.11. The molecule has 1 atom stereocenters. The smallest absolute Gasteiger partial charge is 0.238 e. The number of hydrogen-bond acceptors (Lipinski definition) is 4. The van der Waals surface area contributed by atoms with Gasteiger partial charge in [0.2, 0.25) is 11.8 Å². The second kappa shape index (κ2) is 8.97. The Kier molecular flexibility index (Phi) is 7.25. The van der Waals surface area contributed by atoms with Gasteiger partial charge in [-0.1, -0.05) is 6.92 Å². The molecule has 6 heteroatoms. The SMILES string of the molecule is CCC(C)NCC(=O)Nc1ccc(OCCC(N)=O)cc1. The van der Waals surface area contributed by atoms with Crippen LogP contribution in [0.1, 0.15) is 26.7 Å². The molecule has 1 unspecified atom stereocenters. The van der Waals surface area contributed by atoms with Gasteiger partial charge in [0, 0.05) is 11.7 Å². The number of carbonyl (C=O) groups excluding carboxylic acids is 2. The van der Waals surface area contributed by atoms with Crippen LogP contribution in [0.15, 0.2) is 24.3 Å². The van der Waals surface area contributed by atoms with E-state index in [2.05, 4.69) is 17.6 Å². The topological polar surface area (TPSA) is 93.4 Å². The van der Waals surface area contributed by atoms with E-state index in [0.29, 0.717) is 17.5 Å². The largest absolute Gasteiger partial charge is 0.493 e. The molecule has 0 aliphatic carbocycles. The molecule has 6 nitrogen and oxygen atoms in total. The number of nitrogens with two attached hydrogens (primary N) is 1. The van der Waals surface area contributed by atoms with E-state index >= 15 is 0 Å². The van der Waals surface area contributed by atoms with Crippen LogP contribution in [0.3, 0.4) is 0 Å². The Hall–Kier alpha value is -2.08. The van der Waals surface area contributed by atoms with Gasteiger partial charge < -0.3 is 21.1 Å². The summed E-state index contributed by atoms with van der Waals surface area (Å²) in [4.78, 5) is 22.3. The van der Waals surface area contributed by atoms with Gasteiger partial charge in [-0.15, -0.1) is 0 Å². The average molecular weight is 293 g/mol. The maximum atomic E-state index is 11.7. The molecule has 0 aliphatic rings. The van der Waals surface area contributed by atoms with Crippen LogP contribution in [0.25, 0.3) is 0 Å². The highest BCUT2D eigenvalue weighted by molar-refractivity contribution is 5.92. The van der Waals surface area contributed by atoms with Crippen molar-refractivity contribution in [1.29, 1.82) is 0 Å². The Bertz CT molecular complexity index is 460. The van der Waals surface area contributed by atoms with E-state index in [1.807, 2.05) is 6.92 Å². The highest BCUT2D eigenvalue weighted by Gasteiger charge is 2.05. The van der Waals surface area contributed by atoms with E-state index in [-0.39, 0.29) is 25.5 Å². The summed E-state index contributed by atoms with van der Waals surface area (Å²) in [6.45, 7) is 4.63. The zero-order chi connectivity index (χ0) is 15.7. The summed E-state index contributed by atoms with van der Waals surface area (Å²) in [5.41, 5.74) is 5.72. The van der Waals surface area contributed by atoms with Crippen LogP contribution >= 0.6 is 0 Å². The molecule has 21 heavy (non-hydrogen) atoms. The molecule has 0 radical (unpaired) electrons. The van der Waals surface area contributed by atoms with Crippen LogP contribution in [0.2, 0.25) is 0 Å². The first-order valence-electron chi connectivity index (χ1n) is 7.05. The molecular weight excluding hydrogens is 270 g/mol. The van der Waals surface area contributed by atoms with Crippen LogP contribution < -0.4 is 21.1 Å². The maximum absolute atomic E-state index is 11.7. The van der Waals surface area contributed by atoms with Crippen molar-refractivity contribution in [2.45, 2.75) is 32.7 Å². The molecule has 0 spiro atoms. The number of anilines is 1. The second-order valence-corrected chi connectivity index (χ2v) is 4.83. The van der Waals surface area contributed by atoms with Gasteiger partial charge in [0.15, 0.2) is 0 Å². The highest BCUT2D eigenvalue weighted by Crippen LogP contribution is 2.15. The lowest BCUT2D eigenvalue weighted by molar-refractivity contribution is -0.118. The van der Waals surface area contributed by atoms with Gasteiger partial charge in [0.1, 0.15) is 5.75 Å². The predicted molar refractivity (Wildman–Crippen MR) is 82.1 cm³/mol. The summed E-state index contributed by atoms with van der Waals surface area (Å²) >= 11 is 0. The van der Waals surface area contributed by atoms with E-state index in [1.165, 1.54) is 0 Å². The van der Waals surface area contributed by atoms with E-state index in [4.69, 9.17) is 10.5 Å². The number of primary amides is 1. The van der Waals surface area contributed by atoms with Crippen molar-refractivity contribution in [2.75, 3.05) is 18.5 Å². The summed E-state index contributed by atoms with van der Waals surface area (Å²) in [6, 6.07) is 7.29. The molecule has 1 aromatic rings. The van der Waals surface area contributed by atoms with Crippen LogP contribution in [0.4, 0.5) is 5.69 Å². The number of ether oxygens (including phenoxy) is 1. The third-order valence-corrected chi connectivity index (χ3v) is 2.98. The second-order valence-electron chi connectivity index (χ2n) is 4.83. The summed E-state index contributed by atoms with van der Waals surface area (Å²) in [5.74, 6) is 0.150. The van der Waals surface area contributed by atoms with Crippen molar-refractivity contribution in [3.05, 3.63) is 24.3 Å². The third-order valence-electron chi connectivity index (χ3n) is 2.98. The van der Waals surface area contributed by atoms with Crippen LogP contribution in [-0.4, -0.2) is 31.0 Å². The van der Waals surface area contributed by atoms with Crippen molar-refractivity contribution in [1.82, 2.24) is 5.32 Å².